The Balaban J connectivity index is 1.43. The molecule has 0 spiro atoms. The van der Waals surface area contributed by atoms with E-state index in [0.29, 0.717) is 33.4 Å². The molecule has 2 heterocycles. The lowest BCUT2D eigenvalue weighted by molar-refractivity contribution is -0.119. The summed E-state index contributed by atoms with van der Waals surface area (Å²) >= 11 is 2.91. The Labute approximate surface area is 182 Å². The van der Waals surface area contributed by atoms with Gasteiger partial charge in [0, 0.05) is 22.7 Å². The van der Waals surface area contributed by atoms with Crippen LogP contribution in [0.4, 0.5) is 11.4 Å². The van der Waals surface area contributed by atoms with Gasteiger partial charge in [-0.15, -0.1) is 23.1 Å². The van der Waals surface area contributed by atoms with Gasteiger partial charge >= 0.3 is 0 Å². The smallest absolute Gasteiger partial charge is 0.265 e. The first-order valence-electron chi connectivity index (χ1n) is 9.31. The molecule has 2 aromatic carbocycles. The fourth-order valence-corrected chi connectivity index (χ4v) is 4.88. The van der Waals surface area contributed by atoms with E-state index in [4.69, 9.17) is 0 Å². The van der Waals surface area contributed by atoms with Crippen molar-refractivity contribution >= 4 is 52.2 Å². The van der Waals surface area contributed by atoms with Crippen LogP contribution in [0, 0.1) is 0 Å². The van der Waals surface area contributed by atoms with Crippen LogP contribution in [0.3, 0.4) is 0 Å². The molecule has 2 N–H and O–H groups in total. The number of nitrogens with zero attached hydrogens (tertiary/aromatic N) is 1. The number of thioether (sulfide) groups is 1. The van der Waals surface area contributed by atoms with Crippen LogP contribution in [0.2, 0.25) is 0 Å². The molecule has 4 rings (SSSR count). The molecule has 3 amide bonds. The minimum Gasteiger partial charge on any atom is -0.324 e. The van der Waals surface area contributed by atoms with Crippen LogP contribution in [-0.2, 0) is 4.79 Å². The molecule has 3 aromatic rings. The minimum atomic E-state index is -0.549. The second-order valence-corrected chi connectivity index (χ2v) is 8.61. The van der Waals surface area contributed by atoms with Crippen molar-refractivity contribution in [3.63, 3.8) is 0 Å². The molecular weight excluding hydrogens is 418 g/mol. The molecular formula is C22H19N3O3S2. The normalized spacial score (nSPS) is 15.6. The van der Waals surface area contributed by atoms with Crippen molar-refractivity contribution in [2.75, 3.05) is 22.3 Å². The molecule has 0 bridgehead atoms. The van der Waals surface area contributed by atoms with Gasteiger partial charge in [-0.05, 0) is 41.8 Å². The van der Waals surface area contributed by atoms with Crippen molar-refractivity contribution in [2.24, 2.45) is 0 Å². The molecule has 30 heavy (non-hydrogen) atoms. The summed E-state index contributed by atoms with van der Waals surface area (Å²) in [5, 5.41) is 7.54. The molecule has 152 valence electrons. The summed E-state index contributed by atoms with van der Waals surface area (Å²) < 4.78 is 0. The van der Waals surface area contributed by atoms with Gasteiger partial charge in [0.25, 0.3) is 11.8 Å². The third-order valence-corrected chi connectivity index (χ3v) is 6.48. The van der Waals surface area contributed by atoms with Crippen molar-refractivity contribution in [2.45, 2.75) is 6.04 Å². The summed E-state index contributed by atoms with van der Waals surface area (Å²) in [6.07, 6.45) is 0. The zero-order valence-corrected chi connectivity index (χ0v) is 17.5. The van der Waals surface area contributed by atoms with Gasteiger partial charge in [0.05, 0.1) is 10.8 Å². The zero-order chi connectivity index (χ0) is 20.9. The van der Waals surface area contributed by atoms with Gasteiger partial charge in [-0.25, -0.2) is 0 Å². The number of carbonyl (C=O) groups is 3. The van der Waals surface area contributed by atoms with E-state index in [-0.39, 0.29) is 17.7 Å². The molecule has 1 aliphatic heterocycles. The van der Waals surface area contributed by atoms with Crippen LogP contribution in [0.1, 0.15) is 20.0 Å². The number of hydrogen-bond acceptors (Lipinski definition) is 5. The highest BCUT2D eigenvalue weighted by molar-refractivity contribution is 7.99. The summed E-state index contributed by atoms with van der Waals surface area (Å²) in [5.41, 5.74) is 1.72. The summed E-state index contributed by atoms with van der Waals surface area (Å²) in [6.45, 7) is 0. The van der Waals surface area contributed by atoms with Crippen LogP contribution in [-0.4, -0.2) is 40.3 Å². The first-order chi connectivity index (χ1) is 14.6. The Morgan fingerprint density at radius 2 is 1.67 bits per heavy atom. The summed E-state index contributed by atoms with van der Waals surface area (Å²) in [5.74, 6) is 0.422. The predicted octanol–water partition coefficient (Wildman–Crippen LogP) is 4.15. The Hall–Kier alpha value is -3.10. The van der Waals surface area contributed by atoms with Crippen molar-refractivity contribution in [3.05, 3.63) is 82.6 Å². The van der Waals surface area contributed by atoms with Gasteiger partial charge in [0.15, 0.2) is 0 Å². The maximum Gasteiger partial charge on any atom is 0.265 e. The van der Waals surface area contributed by atoms with Gasteiger partial charge in [0.2, 0.25) is 5.91 Å². The van der Waals surface area contributed by atoms with Crippen molar-refractivity contribution in [1.82, 2.24) is 4.90 Å². The van der Waals surface area contributed by atoms with Gasteiger partial charge in [-0.2, -0.15) is 0 Å². The van der Waals surface area contributed by atoms with Crippen molar-refractivity contribution < 1.29 is 14.4 Å². The van der Waals surface area contributed by atoms with E-state index >= 15 is 0 Å². The molecule has 1 fully saturated rings. The van der Waals surface area contributed by atoms with Crippen molar-refractivity contribution in [1.29, 1.82) is 0 Å². The van der Waals surface area contributed by atoms with Gasteiger partial charge in [-0.1, -0.05) is 30.3 Å². The molecule has 6 nitrogen and oxygen atoms in total. The largest absolute Gasteiger partial charge is 0.324 e. The molecule has 1 aliphatic rings. The summed E-state index contributed by atoms with van der Waals surface area (Å²) in [6, 6.07) is 19.0. The van der Waals surface area contributed by atoms with E-state index in [1.165, 1.54) is 11.3 Å². The highest BCUT2D eigenvalue weighted by atomic mass is 32.2. The molecule has 1 aromatic heterocycles. The number of carbonyl (C=O) groups excluding carboxylic acids is 3. The first-order valence-corrected chi connectivity index (χ1v) is 11.3. The van der Waals surface area contributed by atoms with Gasteiger partial charge < -0.3 is 15.5 Å². The molecule has 1 unspecified atom stereocenters. The number of nitrogens with one attached hydrogen (secondary N) is 2. The van der Waals surface area contributed by atoms with E-state index in [0.717, 1.165) is 0 Å². The van der Waals surface area contributed by atoms with Crippen LogP contribution >= 0.6 is 23.1 Å². The lowest BCUT2D eigenvalue weighted by Gasteiger charge is -2.23. The van der Waals surface area contributed by atoms with Gasteiger partial charge in [-0.3, -0.25) is 14.4 Å². The molecule has 0 saturated carbocycles. The maximum absolute atomic E-state index is 12.9. The van der Waals surface area contributed by atoms with Crippen LogP contribution in [0.15, 0.2) is 72.1 Å². The topological polar surface area (TPSA) is 78.5 Å². The Kier molecular flexibility index (Phi) is 6.15. The Bertz CT molecular complexity index is 1050. The fraction of sp³-hybridized carbons (Fsp3) is 0.136. The zero-order valence-electron chi connectivity index (χ0n) is 15.9. The number of hydrogen-bond donors (Lipinski definition) is 2. The first kappa shape index (κ1) is 20.2. The Morgan fingerprint density at radius 1 is 0.900 bits per heavy atom. The lowest BCUT2D eigenvalue weighted by atomic mass is 10.1. The molecule has 8 heteroatoms. The average Bonchev–Trinajstić information content (AvgIpc) is 3.46. The highest BCUT2D eigenvalue weighted by Gasteiger charge is 2.35. The number of amides is 3. The number of rotatable bonds is 5. The van der Waals surface area contributed by atoms with E-state index in [1.54, 1.807) is 59.1 Å². The minimum absolute atomic E-state index is 0.155. The van der Waals surface area contributed by atoms with E-state index < -0.39 is 6.04 Å². The monoisotopic (exact) mass is 437 g/mol. The lowest BCUT2D eigenvalue weighted by Crippen LogP contribution is -2.44. The molecule has 0 aliphatic carbocycles. The summed E-state index contributed by atoms with van der Waals surface area (Å²) in [7, 11) is 0. The van der Waals surface area contributed by atoms with Crippen molar-refractivity contribution in [3.8, 4) is 0 Å². The second kappa shape index (κ2) is 9.15. The van der Waals surface area contributed by atoms with E-state index in [1.807, 2.05) is 29.6 Å². The second-order valence-electron chi connectivity index (χ2n) is 6.66. The van der Waals surface area contributed by atoms with Crippen LogP contribution in [0.5, 0.6) is 0 Å². The highest BCUT2D eigenvalue weighted by Crippen LogP contribution is 2.25. The SMILES string of the molecule is O=C(Nc1cccc(NC(=O)C2CSCN2C(=O)c2ccccc2)c1)c1cccs1. The third kappa shape index (κ3) is 4.55. The quantitative estimate of drug-likeness (QED) is 0.628. The fourth-order valence-electron chi connectivity index (χ4n) is 3.11. The third-order valence-electron chi connectivity index (χ3n) is 4.60. The van der Waals surface area contributed by atoms with E-state index in [9.17, 15) is 14.4 Å². The standard InChI is InChI=1S/C22H19N3O3S2/c26-20(18-13-29-14-25(18)22(28)15-6-2-1-3-7-15)23-16-8-4-9-17(12-16)24-21(27)19-10-5-11-30-19/h1-12,18H,13-14H2,(H,23,26)(H,24,27). The van der Waals surface area contributed by atoms with Crippen LogP contribution in [0.25, 0.3) is 0 Å². The molecule has 1 saturated heterocycles. The number of anilines is 2. The molecule has 0 radical (unpaired) electrons. The van der Waals surface area contributed by atoms with Crippen LogP contribution < -0.4 is 10.6 Å². The van der Waals surface area contributed by atoms with Gasteiger partial charge in [0.1, 0.15) is 6.04 Å². The Morgan fingerprint density at radius 3 is 2.40 bits per heavy atom. The number of thiophene rings is 1. The maximum atomic E-state index is 12.9. The summed E-state index contributed by atoms with van der Waals surface area (Å²) in [4.78, 5) is 40.1. The number of benzene rings is 2. The molecule has 1 atom stereocenters. The average molecular weight is 438 g/mol. The van der Waals surface area contributed by atoms with E-state index in [2.05, 4.69) is 10.6 Å². The predicted molar refractivity (Wildman–Crippen MR) is 121 cm³/mol.